The van der Waals surface area contributed by atoms with Gasteiger partial charge in [0.25, 0.3) is 0 Å². The molecule has 3 rings (SSSR count). The molecule has 0 fully saturated rings. The van der Waals surface area contributed by atoms with Crippen LogP contribution in [0.25, 0.3) is 0 Å². The zero-order chi connectivity index (χ0) is 10.3. The molecule has 0 N–H and O–H groups in total. The van der Waals surface area contributed by atoms with E-state index in [0.717, 1.165) is 8.92 Å². The zero-order valence-corrected chi connectivity index (χ0v) is 11.3. The van der Waals surface area contributed by atoms with Crippen LogP contribution >= 0.6 is 0 Å². The molecular formula is C12H8OSe2. The van der Waals surface area contributed by atoms with Gasteiger partial charge in [-0.25, -0.2) is 0 Å². The molecule has 74 valence electrons. The second-order valence-electron chi connectivity index (χ2n) is 3.26. The molecule has 0 saturated heterocycles. The number of fused-ring (bicyclic) bond motifs is 2. The van der Waals surface area contributed by atoms with Crippen LogP contribution in [0.1, 0.15) is 0 Å². The summed E-state index contributed by atoms with van der Waals surface area (Å²) in [6.45, 7) is 0. The van der Waals surface area contributed by atoms with Crippen molar-refractivity contribution in [3.8, 4) is 0 Å². The van der Waals surface area contributed by atoms with Crippen LogP contribution in [0.4, 0.5) is 0 Å². The van der Waals surface area contributed by atoms with E-state index in [1.54, 1.807) is 0 Å². The molecule has 3 heteroatoms. The monoisotopic (exact) mass is 328 g/mol. The van der Waals surface area contributed by atoms with Gasteiger partial charge in [-0.05, 0) is 0 Å². The Morgan fingerprint density at radius 1 is 0.800 bits per heavy atom. The van der Waals surface area contributed by atoms with Crippen molar-refractivity contribution < 1.29 is 3.83 Å². The van der Waals surface area contributed by atoms with Crippen molar-refractivity contribution in [3.63, 3.8) is 0 Å². The zero-order valence-electron chi connectivity index (χ0n) is 7.84. The van der Waals surface area contributed by atoms with E-state index < -0.39 is 13.8 Å². The van der Waals surface area contributed by atoms with Gasteiger partial charge in [0.15, 0.2) is 0 Å². The van der Waals surface area contributed by atoms with Crippen molar-refractivity contribution in [3.05, 3.63) is 48.5 Å². The van der Waals surface area contributed by atoms with Gasteiger partial charge < -0.3 is 0 Å². The van der Waals surface area contributed by atoms with Crippen molar-refractivity contribution in [2.45, 2.75) is 0 Å². The van der Waals surface area contributed by atoms with Gasteiger partial charge in [-0.2, -0.15) is 0 Å². The van der Waals surface area contributed by atoms with E-state index in [-0.39, 0.29) is 0 Å². The van der Waals surface area contributed by atoms with Gasteiger partial charge in [-0.15, -0.1) is 0 Å². The van der Waals surface area contributed by atoms with Crippen molar-refractivity contribution in [1.82, 2.24) is 0 Å². The first kappa shape index (κ1) is 9.50. The molecule has 0 saturated carbocycles. The number of benzene rings is 2. The van der Waals surface area contributed by atoms with Crippen LogP contribution in [0.3, 0.4) is 0 Å². The van der Waals surface area contributed by atoms with E-state index in [2.05, 4.69) is 12.1 Å². The third kappa shape index (κ3) is 1.53. The molecule has 0 unspecified atom stereocenters. The van der Waals surface area contributed by atoms with Gasteiger partial charge >= 0.3 is 99.0 Å². The molecule has 2 aromatic carbocycles. The molecule has 1 aliphatic heterocycles. The summed E-state index contributed by atoms with van der Waals surface area (Å²) in [5, 5.41) is 0. The van der Waals surface area contributed by atoms with Gasteiger partial charge in [0.1, 0.15) is 0 Å². The molecule has 1 nitrogen and oxygen atoms in total. The Morgan fingerprint density at radius 2 is 1.27 bits per heavy atom. The van der Waals surface area contributed by atoms with Crippen LogP contribution < -0.4 is 17.8 Å². The average Bonchev–Trinajstić information content (AvgIpc) is 2.30. The first-order chi connectivity index (χ1) is 7.36. The Kier molecular flexibility index (Phi) is 2.34. The molecule has 0 atom stereocenters. The predicted molar refractivity (Wildman–Crippen MR) is 63.6 cm³/mol. The summed E-state index contributed by atoms with van der Waals surface area (Å²) in [6.07, 6.45) is 0. The number of rotatable bonds is 0. The third-order valence-corrected chi connectivity index (χ3v) is 9.21. The summed E-state index contributed by atoms with van der Waals surface area (Å²) in [4.78, 5) is 0. The van der Waals surface area contributed by atoms with E-state index >= 15 is 0 Å². The molecule has 2 aromatic rings. The fourth-order valence-electron chi connectivity index (χ4n) is 1.61. The average molecular weight is 326 g/mol. The summed E-state index contributed by atoms with van der Waals surface area (Å²) in [7, 11) is 0. The Morgan fingerprint density at radius 3 is 1.80 bits per heavy atom. The summed E-state index contributed by atoms with van der Waals surface area (Å²) in [6, 6.07) is 16.3. The molecule has 0 aromatic heterocycles. The Hall–Kier alpha value is -0.721. The van der Waals surface area contributed by atoms with Crippen LogP contribution in [0.5, 0.6) is 0 Å². The van der Waals surface area contributed by atoms with Gasteiger partial charge in [0.05, 0.1) is 0 Å². The minimum atomic E-state index is -1.98. The Labute approximate surface area is 98.8 Å². The standard InChI is InChI=1S/C12H8OSe2/c13-15-11-7-3-1-5-9(11)14-10-6-2-4-8-12(10)15/h1-8H. The van der Waals surface area contributed by atoms with Crippen LogP contribution in [-0.4, -0.2) is 28.8 Å². The SMILES string of the molecule is O=[Se]1c2ccccc2[Se]c2ccccc21. The molecule has 0 amide bonds. The first-order valence-electron chi connectivity index (χ1n) is 4.64. The minimum absolute atomic E-state index is 0.331. The fraction of sp³-hybridized carbons (Fsp3) is 0. The van der Waals surface area contributed by atoms with E-state index in [9.17, 15) is 3.83 Å². The topological polar surface area (TPSA) is 17.1 Å². The Balaban J connectivity index is 2.24. The second kappa shape index (κ2) is 3.69. The molecule has 0 radical (unpaired) electrons. The maximum absolute atomic E-state index is 12.3. The van der Waals surface area contributed by atoms with Crippen LogP contribution in [0.15, 0.2) is 48.5 Å². The van der Waals surface area contributed by atoms with Crippen LogP contribution in [-0.2, 0) is 3.83 Å². The molecule has 15 heavy (non-hydrogen) atoms. The normalized spacial score (nSPS) is 14.4. The Bertz CT molecular complexity index is 501. The predicted octanol–water partition coefficient (Wildman–Crippen LogP) is -0.809. The van der Waals surface area contributed by atoms with Gasteiger partial charge in [0, 0.05) is 0 Å². The molecule has 1 aliphatic rings. The van der Waals surface area contributed by atoms with E-state index in [1.807, 2.05) is 36.4 Å². The first-order valence-corrected chi connectivity index (χ1v) is 8.76. The summed E-state index contributed by atoms with van der Waals surface area (Å²) in [5.74, 6) is 0. The van der Waals surface area contributed by atoms with Crippen molar-refractivity contribution >= 4 is 46.6 Å². The van der Waals surface area contributed by atoms with Gasteiger partial charge in [-0.3, -0.25) is 0 Å². The van der Waals surface area contributed by atoms with Crippen LogP contribution in [0, 0.1) is 0 Å². The van der Waals surface area contributed by atoms with Crippen LogP contribution in [0.2, 0.25) is 0 Å². The summed E-state index contributed by atoms with van der Waals surface area (Å²) in [5.41, 5.74) is 0. The van der Waals surface area contributed by atoms with Crippen molar-refractivity contribution in [2.24, 2.45) is 0 Å². The molecule has 0 bridgehead atoms. The summed E-state index contributed by atoms with van der Waals surface area (Å²) >= 11 is -1.65. The maximum atomic E-state index is 12.3. The molecule has 1 heterocycles. The third-order valence-electron chi connectivity index (χ3n) is 2.32. The molecular weight excluding hydrogens is 318 g/mol. The van der Waals surface area contributed by atoms with Gasteiger partial charge in [-0.1, -0.05) is 0 Å². The van der Waals surface area contributed by atoms with Crippen molar-refractivity contribution in [2.75, 3.05) is 0 Å². The van der Waals surface area contributed by atoms with E-state index in [0.29, 0.717) is 15.0 Å². The van der Waals surface area contributed by atoms with E-state index in [1.165, 1.54) is 8.92 Å². The van der Waals surface area contributed by atoms with Crippen molar-refractivity contribution in [1.29, 1.82) is 0 Å². The molecule has 0 spiro atoms. The summed E-state index contributed by atoms with van der Waals surface area (Å²) < 4.78 is 17.1. The second-order valence-corrected chi connectivity index (χ2v) is 8.51. The molecule has 0 aliphatic carbocycles. The van der Waals surface area contributed by atoms with Gasteiger partial charge in [0.2, 0.25) is 0 Å². The fourth-order valence-corrected chi connectivity index (χ4v) is 8.39. The number of hydrogen-bond donors (Lipinski definition) is 0. The van der Waals surface area contributed by atoms with E-state index in [4.69, 9.17) is 0 Å². The quantitative estimate of drug-likeness (QED) is 0.494. The number of hydrogen-bond acceptors (Lipinski definition) is 1.